The molecule has 2 aromatic rings. The van der Waals surface area contributed by atoms with Crippen molar-refractivity contribution in [1.82, 2.24) is 0 Å². The molecule has 32 heavy (non-hydrogen) atoms. The Hall–Kier alpha value is -3.85. The summed E-state index contributed by atoms with van der Waals surface area (Å²) < 4.78 is 52.9. The number of nitro benzene ring substituents is 1. The van der Waals surface area contributed by atoms with Gasteiger partial charge in [-0.2, -0.15) is 18.4 Å². The van der Waals surface area contributed by atoms with Crippen LogP contribution in [0.15, 0.2) is 36.4 Å². The second kappa shape index (κ2) is 9.97. The van der Waals surface area contributed by atoms with Crippen LogP contribution in [-0.2, 0) is 20.4 Å². The van der Waals surface area contributed by atoms with Gasteiger partial charge in [-0.05, 0) is 31.2 Å². The van der Waals surface area contributed by atoms with Crippen LogP contribution in [0.2, 0.25) is 5.02 Å². The third-order valence-corrected chi connectivity index (χ3v) is 4.01. The molecule has 168 valence electrons. The van der Waals surface area contributed by atoms with Crippen LogP contribution in [-0.4, -0.2) is 29.6 Å². The molecule has 0 amide bonds. The molecule has 0 fully saturated rings. The van der Waals surface area contributed by atoms with Crippen LogP contribution >= 0.6 is 11.6 Å². The molecule has 0 aromatic heterocycles. The highest BCUT2D eigenvalue weighted by molar-refractivity contribution is 6.32. The van der Waals surface area contributed by atoms with E-state index in [1.165, 1.54) is 13.0 Å². The van der Waals surface area contributed by atoms with Crippen LogP contribution in [0, 0.1) is 21.4 Å². The van der Waals surface area contributed by atoms with Gasteiger partial charge in [0.05, 0.1) is 22.1 Å². The van der Waals surface area contributed by atoms with Crippen molar-refractivity contribution < 1.29 is 41.9 Å². The van der Waals surface area contributed by atoms with Gasteiger partial charge in [-0.25, -0.2) is 9.59 Å². The smallest absolute Gasteiger partial charge is 0.416 e. The zero-order valence-electron chi connectivity index (χ0n) is 16.0. The lowest BCUT2D eigenvalue weighted by Gasteiger charge is -2.13. The first kappa shape index (κ1) is 24.4. The van der Waals surface area contributed by atoms with E-state index in [2.05, 4.69) is 9.47 Å². The third kappa shape index (κ3) is 5.86. The minimum atomic E-state index is -4.64. The number of carbonyl (C=O) groups excluding carboxylic acids is 2. The number of nitrogens with zero attached hydrogens (tertiary/aromatic N) is 2. The summed E-state index contributed by atoms with van der Waals surface area (Å²) >= 11 is 5.81. The van der Waals surface area contributed by atoms with Gasteiger partial charge in [0.1, 0.15) is 23.1 Å². The molecule has 0 aliphatic carbocycles. The van der Waals surface area contributed by atoms with E-state index in [1.54, 1.807) is 0 Å². The minimum absolute atomic E-state index is 0.105. The van der Waals surface area contributed by atoms with Crippen molar-refractivity contribution in [2.75, 3.05) is 6.61 Å². The van der Waals surface area contributed by atoms with Crippen molar-refractivity contribution >= 4 is 29.2 Å². The first-order valence-electron chi connectivity index (χ1n) is 8.58. The topological polar surface area (TPSA) is 129 Å². The monoisotopic (exact) mass is 472 g/mol. The van der Waals surface area contributed by atoms with Crippen molar-refractivity contribution in [2.45, 2.75) is 19.2 Å². The van der Waals surface area contributed by atoms with Gasteiger partial charge in [0.15, 0.2) is 0 Å². The van der Waals surface area contributed by atoms with Gasteiger partial charge < -0.3 is 14.2 Å². The summed E-state index contributed by atoms with van der Waals surface area (Å²) in [6.07, 6.45) is -6.61. The van der Waals surface area contributed by atoms with E-state index >= 15 is 0 Å². The summed E-state index contributed by atoms with van der Waals surface area (Å²) in [5.41, 5.74) is -2.44. The number of nitriles is 1. The van der Waals surface area contributed by atoms with Gasteiger partial charge in [-0.1, -0.05) is 11.6 Å². The maximum absolute atomic E-state index is 12.8. The average Bonchev–Trinajstić information content (AvgIpc) is 2.72. The average molecular weight is 473 g/mol. The molecule has 0 N–H and O–H groups in total. The van der Waals surface area contributed by atoms with Gasteiger partial charge in [0.2, 0.25) is 0 Å². The van der Waals surface area contributed by atoms with Crippen LogP contribution in [0.25, 0.3) is 0 Å². The van der Waals surface area contributed by atoms with Crippen LogP contribution in [0.3, 0.4) is 0 Å². The lowest BCUT2D eigenvalue weighted by Crippen LogP contribution is -2.28. The van der Waals surface area contributed by atoms with Crippen LogP contribution in [0.1, 0.15) is 22.8 Å². The molecule has 0 bridgehead atoms. The molecule has 2 rings (SSSR count). The summed E-state index contributed by atoms with van der Waals surface area (Å²) in [7, 11) is 0. The Balaban J connectivity index is 2.36. The number of nitro groups is 1. The number of esters is 2. The third-order valence-electron chi connectivity index (χ3n) is 3.71. The first-order chi connectivity index (χ1) is 15.0. The van der Waals surface area contributed by atoms with Crippen LogP contribution < -0.4 is 4.74 Å². The first-order valence-corrected chi connectivity index (χ1v) is 8.96. The normalized spacial score (nSPS) is 11.8. The maximum Gasteiger partial charge on any atom is 0.416 e. The fourth-order valence-electron chi connectivity index (χ4n) is 2.30. The predicted octanol–water partition coefficient (Wildman–Crippen LogP) is 4.67. The number of ether oxygens (including phenoxy) is 3. The predicted molar refractivity (Wildman–Crippen MR) is 101 cm³/mol. The zero-order chi connectivity index (χ0) is 24.1. The molecule has 0 saturated heterocycles. The van der Waals surface area contributed by atoms with Crippen molar-refractivity contribution in [1.29, 1.82) is 5.26 Å². The molecule has 1 atom stereocenters. The Labute approximate surface area is 183 Å². The molecule has 0 saturated carbocycles. The summed E-state index contributed by atoms with van der Waals surface area (Å²) in [6, 6.07) is 6.43. The number of carbonyl (C=O) groups is 2. The zero-order valence-corrected chi connectivity index (χ0v) is 16.8. The van der Waals surface area contributed by atoms with E-state index in [0.717, 1.165) is 24.3 Å². The highest BCUT2D eigenvalue weighted by Gasteiger charge is 2.32. The summed E-state index contributed by atoms with van der Waals surface area (Å²) in [5, 5.41) is 19.8. The molecule has 1 unspecified atom stereocenters. The molecule has 0 radical (unpaired) electrons. The van der Waals surface area contributed by atoms with Crippen molar-refractivity contribution in [3.05, 3.63) is 62.7 Å². The van der Waals surface area contributed by atoms with Crippen LogP contribution in [0.5, 0.6) is 11.5 Å². The Kier molecular flexibility index (Phi) is 7.61. The van der Waals surface area contributed by atoms with E-state index in [0.29, 0.717) is 12.1 Å². The van der Waals surface area contributed by atoms with Gasteiger partial charge in [-0.15, -0.1) is 0 Å². The number of hydrogen-bond acceptors (Lipinski definition) is 8. The Morgan fingerprint density at radius 3 is 2.47 bits per heavy atom. The van der Waals surface area contributed by atoms with Gasteiger partial charge >= 0.3 is 18.1 Å². The molecule has 0 spiro atoms. The highest BCUT2D eigenvalue weighted by atomic mass is 35.5. The standard InChI is InChI=1S/C19H12ClF3N2O7/c1-2-30-18(27)16(9-24)32-17(26)12-8-11(4-5-14(12)25(28)29)31-15-6-3-10(7-13(15)20)19(21,22)23/h3-8,16H,2H2,1H3. The lowest BCUT2D eigenvalue weighted by molar-refractivity contribution is -0.385. The molecule has 9 nitrogen and oxygen atoms in total. The molecule has 2 aromatic carbocycles. The van der Waals surface area contributed by atoms with E-state index in [4.69, 9.17) is 21.6 Å². The van der Waals surface area contributed by atoms with Crippen molar-refractivity contribution in [3.8, 4) is 17.6 Å². The van der Waals surface area contributed by atoms with Gasteiger partial charge in [0.25, 0.3) is 11.8 Å². The number of hydrogen-bond donors (Lipinski definition) is 0. The fraction of sp³-hybridized carbons (Fsp3) is 0.211. The Morgan fingerprint density at radius 1 is 1.25 bits per heavy atom. The Bertz CT molecular complexity index is 1100. The Morgan fingerprint density at radius 2 is 1.94 bits per heavy atom. The maximum atomic E-state index is 12.8. The van der Waals surface area contributed by atoms with Crippen molar-refractivity contribution in [2.24, 2.45) is 0 Å². The van der Waals surface area contributed by atoms with E-state index in [-0.39, 0.29) is 18.1 Å². The molecule has 0 aliphatic heterocycles. The van der Waals surface area contributed by atoms with E-state index < -0.39 is 51.0 Å². The molecule has 0 aliphatic rings. The summed E-state index contributed by atoms with van der Waals surface area (Å²) in [5.74, 6) is -3.02. The largest absolute Gasteiger partial charge is 0.462 e. The number of benzene rings is 2. The second-order valence-electron chi connectivity index (χ2n) is 5.85. The quantitative estimate of drug-likeness (QED) is 0.323. The SMILES string of the molecule is CCOC(=O)C(C#N)OC(=O)c1cc(Oc2ccc(C(F)(F)F)cc2Cl)ccc1[N+](=O)[O-]. The molecular formula is C19H12ClF3N2O7. The van der Waals surface area contributed by atoms with Crippen molar-refractivity contribution in [3.63, 3.8) is 0 Å². The van der Waals surface area contributed by atoms with Gasteiger partial charge in [0, 0.05) is 12.1 Å². The van der Waals surface area contributed by atoms with Gasteiger partial charge in [-0.3, -0.25) is 10.1 Å². The highest BCUT2D eigenvalue weighted by Crippen LogP contribution is 2.37. The molecular weight excluding hydrogens is 461 g/mol. The number of rotatable bonds is 7. The van der Waals surface area contributed by atoms with E-state index in [1.807, 2.05) is 0 Å². The second-order valence-corrected chi connectivity index (χ2v) is 6.25. The molecule has 0 heterocycles. The number of halogens is 4. The van der Waals surface area contributed by atoms with E-state index in [9.17, 15) is 32.9 Å². The fourth-order valence-corrected chi connectivity index (χ4v) is 2.52. The lowest BCUT2D eigenvalue weighted by atomic mass is 10.1. The van der Waals surface area contributed by atoms with Crippen LogP contribution in [0.4, 0.5) is 18.9 Å². The molecule has 13 heteroatoms. The number of alkyl halides is 3. The summed E-state index contributed by atoms with van der Waals surface area (Å²) in [6.45, 7) is 1.35. The minimum Gasteiger partial charge on any atom is -0.462 e. The summed E-state index contributed by atoms with van der Waals surface area (Å²) in [4.78, 5) is 34.3.